The molecule has 0 saturated carbocycles. The zero-order valence-corrected chi connectivity index (χ0v) is 10.6. The molecule has 2 rings (SSSR count). The van der Waals surface area contributed by atoms with Crippen molar-refractivity contribution in [2.45, 2.75) is 11.4 Å². The molecule has 0 unspecified atom stereocenters. The van der Waals surface area contributed by atoms with Crippen LogP contribution in [0.2, 0.25) is 0 Å². The van der Waals surface area contributed by atoms with Crippen molar-refractivity contribution in [3.8, 4) is 0 Å². The predicted molar refractivity (Wildman–Crippen MR) is 65.6 cm³/mol. The number of nitrogen functional groups attached to an aromatic ring is 1. The third-order valence-corrected chi connectivity index (χ3v) is 4.16. The second-order valence-corrected chi connectivity index (χ2v) is 6.18. The molecule has 4 N–H and O–H groups in total. The van der Waals surface area contributed by atoms with Crippen LogP contribution in [-0.2, 0) is 16.4 Å². The Hall–Kier alpha value is -1.61. The second kappa shape index (κ2) is 4.34. The highest BCUT2D eigenvalue weighted by Crippen LogP contribution is 2.31. The highest BCUT2D eigenvalue weighted by atomic mass is 32.2. The standard InChI is InChI=1S/C8H11N5O2S2/c1-17(14,15)6-7(9)13-16-8(6)10-2-5-3-11-12-4-5/h3-4,10H,2H2,1H3,(H2,9,13)(H,11,12). The predicted octanol–water partition coefficient (Wildman–Crippen LogP) is 0.464. The molecule has 0 atom stereocenters. The van der Waals surface area contributed by atoms with Crippen LogP contribution in [0.25, 0.3) is 0 Å². The molecular weight excluding hydrogens is 262 g/mol. The van der Waals surface area contributed by atoms with E-state index in [0.717, 1.165) is 23.4 Å². The normalized spacial score (nSPS) is 11.6. The molecule has 0 amide bonds. The van der Waals surface area contributed by atoms with E-state index in [1.807, 2.05) is 0 Å². The largest absolute Gasteiger partial charge is 0.382 e. The number of hydrogen-bond acceptors (Lipinski definition) is 7. The zero-order chi connectivity index (χ0) is 12.5. The summed E-state index contributed by atoms with van der Waals surface area (Å²) in [6.45, 7) is 0.459. The lowest BCUT2D eigenvalue weighted by Gasteiger charge is -2.03. The maximum atomic E-state index is 11.5. The van der Waals surface area contributed by atoms with Gasteiger partial charge in [-0.25, -0.2) is 8.42 Å². The topological polar surface area (TPSA) is 114 Å². The van der Waals surface area contributed by atoms with Crippen molar-refractivity contribution in [3.05, 3.63) is 18.0 Å². The van der Waals surface area contributed by atoms with Crippen LogP contribution in [0.5, 0.6) is 0 Å². The molecular formula is C8H11N5O2S2. The number of H-pyrrole nitrogens is 1. The molecule has 0 aromatic carbocycles. The Balaban J connectivity index is 2.22. The van der Waals surface area contributed by atoms with Crippen molar-refractivity contribution in [2.24, 2.45) is 0 Å². The van der Waals surface area contributed by atoms with E-state index in [-0.39, 0.29) is 10.7 Å². The van der Waals surface area contributed by atoms with Gasteiger partial charge < -0.3 is 11.1 Å². The monoisotopic (exact) mass is 273 g/mol. The van der Waals surface area contributed by atoms with E-state index in [9.17, 15) is 8.42 Å². The average Bonchev–Trinajstić information content (AvgIpc) is 2.82. The number of hydrogen-bond donors (Lipinski definition) is 3. The van der Waals surface area contributed by atoms with Gasteiger partial charge in [0.25, 0.3) is 0 Å². The van der Waals surface area contributed by atoms with Crippen LogP contribution < -0.4 is 11.1 Å². The van der Waals surface area contributed by atoms with E-state index in [2.05, 4.69) is 19.9 Å². The van der Waals surface area contributed by atoms with Gasteiger partial charge in [-0.2, -0.15) is 9.47 Å². The number of aromatic amines is 1. The molecule has 2 aromatic heterocycles. The Kier molecular flexibility index (Phi) is 3.03. The molecule has 17 heavy (non-hydrogen) atoms. The van der Waals surface area contributed by atoms with Gasteiger partial charge in [-0.3, -0.25) is 5.10 Å². The molecule has 2 heterocycles. The first-order valence-corrected chi connectivity index (χ1v) is 7.31. The molecule has 0 spiro atoms. The highest BCUT2D eigenvalue weighted by molar-refractivity contribution is 7.91. The van der Waals surface area contributed by atoms with Gasteiger partial charge in [0.05, 0.1) is 6.20 Å². The van der Waals surface area contributed by atoms with E-state index in [0.29, 0.717) is 11.5 Å². The Bertz CT molecular complexity index is 602. The molecule has 0 radical (unpaired) electrons. The van der Waals surface area contributed by atoms with Crippen LogP contribution in [0.1, 0.15) is 5.56 Å². The van der Waals surface area contributed by atoms with Gasteiger partial charge in [0.2, 0.25) is 0 Å². The van der Waals surface area contributed by atoms with Crippen LogP contribution in [0.15, 0.2) is 17.3 Å². The second-order valence-electron chi connectivity index (χ2n) is 3.46. The van der Waals surface area contributed by atoms with Gasteiger partial charge in [0.1, 0.15) is 9.90 Å². The van der Waals surface area contributed by atoms with E-state index < -0.39 is 9.84 Å². The maximum Gasteiger partial charge on any atom is 0.182 e. The lowest BCUT2D eigenvalue weighted by atomic mass is 10.4. The van der Waals surface area contributed by atoms with Crippen molar-refractivity contribution in [2.75, 3.05) is 17.3 Å². The number of nitrogens with zero attached hydrogens (tertiary/aromatic N) is 2. The average molecular weight is 273 g/mol. The summed E-state index contributed by atoms with van der Waals surface area (Å²) in [6, 6.07) is 0. The molecule has 0 aliphatic heterocycles. The number of nitrogens with two attached hydrogens (primary N) is 1. The van der Waals surface area contributed by atoms with Gasteiger partial charge >= 0.3 is 0 Å². The first-order valence-electron chi connectivity index (χ1n) is 4.65. The molecule has 92 valence electrons. The summed E-state index contributed by atoms with van der Waals surface area (Å²) in [6.07, 6.45) is 4.48. The Labute approximate surface area is 102 Å². The molecule has 7 nitrogen and oxygen atoms in total. The molecule has 2 aromatic rings. The van der Waals surface area contributed by atoms with Crippen molar-refractivity contribution < 1.29 is 8.42 Å². The molecule has 0 bridgehead atoms. The third-order valence-electron chi connectivity index (χ3n) is 2.05. The van der Waals surface area contributed by atoms with Gasteiger partial charge in [-0.05, 0) is 11.5 Å². The quantitative estimate of drug-likeness (QED) is 0.746. The minimum absolute atomic E-state index is 0.0344. The number of rotatable bonds is 4. The van der Waals surface area contributed by atoms with Crippen molar-refractivity contribution in [1.82, 2.24) is 14.6 Å². The van der Waals surface area contributed by atoms with E-state index in [4.69, 9.17) is 5.73 Å². The Morgan fingerprint density at radius 1 is 1.59 bits per heavy atom. The summed E-state index contributed by atoms with van der Waals surface area (Å²) < 4.78 is 26.9. The van der Waals surface area contributed by atoms with Crippen LogP contribution in [0.4, 0.5) is 10.8 Å². The molecule has 0 aliphatic carbocycles. The summed E-state index contributed by atoms with van der Waals surface area (Å²) in [5.74, 6) is 0.0344. The fourth-order valence-electron chi connectivity index (χ4n) is 1.32. The fraction of sp³-hybridized carbons (Fsp3) is 0.250. The van der Waals surface area contributed by atoms with Crippen LogP contribution in [0.3, 0.4) is 0 Å². The number of nitrogens with one attached hydrogen (secondary N) is 2. The number of sulfone groups is 1. The summed E-state index contributed by atoms with van der Waals surface area (Å²) in [4.78, 5) is 0.0611. The van der Waals surface area contributed by atoms with Crippen molar-refractivity contribution >= 4 is 32.2 Å². The lowest BCUT2D eigenvalue weighted by Crippen LogP contribution is -2.05. The molecule has 0 aliphatic rings. The summed E-state index contributed by atoms with van der Waals surface area (Å²) in [5, 5.41) is 9.89. The lowest BCUT2D eigenvalue weighted by molar-refractivity contribution is 0.602. The van der Waals surface area contributed by atoms with Crippen molar-refractivity contribution in [1.29, 1.82) is 0 Å². The third kappa shape index (κ3) is 2.56. The van der Waals surface area contributed by atoms with Crippen LogP contribution in [0, 0.1) is 0 Å². The molecule has 0 saturated heterocycles. The minimum Gasteiger partial charge on any atom is -0.382 e. The summed E-state index contributed by atoms with van der Waals surface area (Å²) in [5.41, 5.74) is 6.45. The van der Waals surface area contributed by atoms with Gasteiger partial charge in [0.15, 0.2) is 15.7 Å². The van der Waals surface area contributed by atoms with Gasteiger partial charge in [-0.15, -0.1) is 0 Å². The minimum atomic E-state index is -3.37. The Morgan fingerprint density at radius 2 is 2.35 bits per heavy atom. The SMILES string of the molecule is CS(=O)(=O)c1c(N)nsc1NCc1cn[nH]c1. The molecule has 9 heteroatoms. The first kappa shape index (κ1) is 11.9. The number of anilines is 2. The van der Waals surface area contributed by atoms with Crippen molar-refractivity contribution in [3.63, 3.8) is 0 Å². The first-order chi connectivity index (χ1) is 7.98. The van der Waals surface area contributed by atoms with Crippen LogP contribution in [-0.4, -0.2) is 29.2 Å². The highest BCUT2D eigenvalue weighted by Gasteiger charge is 2.20. The Morgan fingerprint density at radius 3 is 2.94 bits per heavy atom. The van der Waals surface area contributed by atoms with E-state index in [1.54, 1.807) is 12.4 Å². The summed E-state index contributed by atoms with van der Waals surface area (Å²) in [7, 11) is -3.37. The van der Waals surface area contributed by atoms with Gasteiger partial charge in [0, 0.05) is 24.6 Å². The summed E-state index contributed by atoms with van der Waals surface area (Å²) >= 11 is 1.03. The van der Waals surface area contributed by atoms with E-state index >= 15 is 0 Å². The van der Waals surface area contributed by atoms with Crippen LogP contribution >= 0.6 is 11.5 Å². The fourth-order valence-corrected chi connectivity index (χ4v) is 3.38. The zero-order valence-electron chi connectivity index (χ0n) is 8.97. The van der Waals surface area contributed by atoms with E-state index in [1.165, 1.54) is 0 Å². The number of aromatic nitrogens is 3. The maximum absolute atomic E-state index is 11.5. The van der Waals surface area contributed by atoms with Gasteiger partial charge in [-0.1, -0.05) is 0 Å². The molecule has 0 fully saturated rings. The smallest absolute Gasteiger partial charge is 0.182 e.